The largest absolute Gasteiger partial charge is 0.445 e. The fourth-order valence-electron chi connectivity index (χ4n) is 2.38. The summed E-state index contributed by atoms with van der Waals surface area (Å²) in [5.74, 6) is 0. The van der Waals surface area contributed by atoms with Gasteiger partial charge >= 0.3 is 6.09 Å². The fraction of sp³-hybridized carbons (Fsp3) is 0.562. The van der Waals surface area contributed by atoms with Crippen molar-refractivity contribution >= 4 is 6.09 Å². The molecule has 1 aromatic rings. The van der Waals surface area contributed by atoms with Gasteiger partial charge in [-0.1, -0.05) is 43.2 Å². The van der Waals surface area contributed by atoms with Gasteiger partial charge in [-0.15, -0.1) is 0 Å². The van der Waals surface area contributed by atoms with Crippen molar-refractivity contribution in [3.63, 3.8) is 0 Å². The van der Waals surface area contributed by atoms with Crippen LogP contribution in [-0.2, 0) is 16.1 Å². The van der Waals surface area contributed by atoms with E-state index in [0.29, 0.717) is 6.61 Å². The molecule has 2 N–H and O–H groups in total. The second-order valence-corrected chi connectivity index (χ2v) is 5.33. The van der Waals surface area contributed by atoms with Gasteiger partial charge in [-0.2, -0.15) is 0 Å². The number of ether oxygens (including phenoxy) is 2. The monoisotopic (exact) mass is 293 g/mol. The zero-order chi connectivity index (χ0) is 14.9. The molecule has 0 saturated heterocycles. The maximum atomic E-state index is 11.7. The maximum Gasteiger partial charge on any atom is 0.407 e. The Balaban J connectivity index is 1.66. The highest BCUT2D eigenvalue weighted by molar-refractivity contribution is 5.67. The van der Waals surface area contributed by atoms with Crippen LogP contribution in [0.2, 0.25) is 0 Å². The molecule has 21 heavy (non-hydrogen) atoms. The number of benzene rings is 1. The van der Waals surface area contributed by atoms with Gasteiger partial charge in [-0.05, 0) is 18.4 Å². The lowest BCUT2D eigenvalue weighted by molar-refractivity contribution is 0.0293. The van der Waals surface area contributed by atoms with Crippen LogP contribution in [0.1, 0.15) is 31.2 Å². The molecule has 0 radical (unpaired) electrons. The van der Waals surface area contributed by atoms with Gasteiger partial charge in [0.1, 0.15) is 6.61 Å². The smallest absolute Gasteiger partial charge is 0.407 e. The number of hydrogen-bond donors (Lipinski definition) is 2. The van der Waals surface area contributed by atoms with E-state index in [1.807, 2.05) is 30.3 Å². The quantitative estimate of drug-likeness (QED) is 0.809. The molecular formula is C16H23NO4. The highest BCUT2D eigenvalue weighted by Gasteiger charge is 2.19. The number of aliphatic hydroxyl groups excluding tert-OH is 1. The topological polar surface area (TPSA) is 67.8 Å². The first kappa shape index (κ1) is 15.8. The molecule has 2 rings (SSSR count). The minimum atomic E-state index is -0.534. The second-order valence-electron chi connectivity index (χ2n) is 5.33. The third kappa shape index (κ3) is 5.73. The van der Waals surface area contributed by atoms with Gasteiger partial charge in [0.05, 0.1) is 25.4 Å². The third-order valence-corrected chi connectivity index (χ3v) is 3.59. The summed E-state index contributed by atoms with van der Waals surface area (Å²) in [6, 6.07) is 9.05. The number of nitrogens with one attached hydrogen (secondary N) is 1. The Labute approximate surface area is 125 Å². The lowest BCUT2D eigenvalue weighted by Crippen LogP contribution is -2.41. The molecule has 1 atom stereocenters. The summed E-state index contributed by atoms with van der Waals surface area (Å²) in [5.41, 5.74) is 0.926. The van der Waals surface area contributed by atoms with E-state index in [0.717, 1.165) is 18.4 Å². The summed E-state index contributed by atoms with van der Waals surface area (Å²) in [6.07, 6.45) is 4.25. The Morgan fingerprint density at radius 2 is 2.00 bits per heavy atom. The molecule has 1 unspecified atom stereocenters. The zero-order valence-electron chi connectivity index (χ0n) is 12.2. The Morgan fingerprint density at radius 3 is 2.67 bits per heavy atom. The summed E-state index contributed by atoms with van der Waals surface area (Å²) >= 11 is 0. The van der Waals surface area contributed by atoms with Crippen LogP contribution in [0.4, 0.5) is 4.79 Å². The van der Waals surface area contributed by atoms with Crippen LogP contribution in [0.3, 0.4) is 0 Å². The van der Waals surface area contributed by atoms with Gasteiger partial charge < -0.3 is 19.9 Å². The standard InChI is InChI=1S/C16H23NO4/c18-10-14(12-20-15-8-4-5-9-15)17-16(19)21-11-13-6-2-1-3-7-13/h1-3,6-7,14-15,18H,4-5,8-12H2,(H,17,19). The number of carbonyl (C=O) groups excluding carboxylic acids is 1. The molecule has 1 fully saturated rings. The van der Waals surface area contributed by atoms with Gasteiger partial charge in [-0.25, -0.2) is 4.79 Å². The van der Waals surface area contributed by atoms with Gasteiger partial charge in [-0.3, -0.25) is 0 Å². The van der Waals surface area contributed by atoms with E-state index in [9.17, 15) is 9.90 Å². The Kier molecular flexibility index (Phi) is 6.50. The van der Waals surface area contributed by atoms with Crippen molar-refractivity contribution in [1.82, 2.24) is 5.32 Å². The molecule has 5 heteroatoms. The molecule has 5 nitrogen and oxygen atoms in total. The first-order chi connectivity index (χ1) is 10.3. The number of hydrogen-bond acceptors (Lipinski definition) is 4. The first-order valence-corrected chi connectivity index (χ1v) is 7.47. The van der Waals surface area contributed by atoms with Crippen molar-refractivity contribution in [2.45, 2.75) is 44.4 Å². The molecule has 0 aromatic heterocycles. The van der Waals surface area contributed by atoms with Gasteiger partial charge in [0, 0.05) is 0 Å². The number of alkyl carbamates (subject to hydrolysis) is 1. The van der Waals surface area contributed by atoms with E-state index in [-0.39, 0.29) is 19.3 Å². The first-order valence-electron chi connectivity index (χ1n) is 7.47. The summed E-state index contributed by atoms with van der Waals surface area (Å²) in [6.45, 7) is 0.378. The SMILES string of the molecule is O=C(NC(CO)COC1CCCC1)OCc1ccccc1. The normalized spacial score (nSPS) is 16.6. The number of carbonyl (C=O) groups is 1. The summed E-state index contributed by atoms with van der Waals surface area (Å²) in [4.78, 5) is 11.7. The molecule has 1 saturated carbocycles. The van der Waals surface area contributed by atoms with Crippen molar-refractivity contribution < 1.29 is 19.4 Å². The molecule has 1 aromatic carbocycles. The summed E-state index contributed by atoms with van der Waals surface area (Å²) in [7, 11) is 0. The number of aliphatic hydroxyl groups is 1. The summed E-state index contributed by atoms with van der Waals surface area (Å²) < 4.78 is 10.8. The maximum absolute atomic E-state index is 11.7. The van der Waals surface area contributed by atoms with E-state index in [2.05, 4.69) is 5.32 Å². The molecule has 1 aliphatic carbocycles. The molecule has 1 amide bonds. The number of rotatable bonds is 7. The van der Waals surface area contributed by atoms with E-state index in [1.54, 1.807) is 0 Å². The molecule has 0 aliphatic heterocycles. The van der Waals surface area contributed by atoms with Gasteiger partial charge in [0.2, 0.25) is 0 Å². The van der Waals surface area contributed by atoms with Gasteiger partial charge in [0.25, 0.3) is 0 Å². The zero-order valence-corrected chi connectivity index (χ0v) is 12.2. The lowest BCUT2D eigenvalue weighted by atomic mass is 10.2. The van der Waals surface area contributed by atoms with Crippen LogP contribution >= 0.6 is 0 Å². The predicted molar refractivity (Wildman–Crippen MR) is 78.8 cm³/mol. The van der Waals surface area contributed by atoms with Crippen molar-refractivity contribution in [2.24, 2.45) is 0 Å². The Morgan fingerprint density at radius 1 is 1.29 bits per heavy atom. The van der Waals surface area contributed by atoms with Crippen LogP contribution in [0.25, 0.3) is 0 Å². The van der Waals surface area contributed by atoms with E-state index >= 15 is 0 Å². The second kappa shape index (κ2) is 8.64. The van der Waals surface area contributed by atoms with E-state index in [1.165, 1.54) is 12.8 Å². The highest BCUT2D eigenvalue weighted by Crippen LogP contribution is 2.20. The molecular weight excluding hydrogens is 270 g/mol. The predicted octanol–water partition coefficient (Wildman–Crippen LogP) is 2.23. The average molecular weight is 293 g/mol. The lowest BCUT2D eigenvalue weighted by Gasteiger charge is -2.19. The summed E-state index contributed by atoms with van der Waals surface area (Å²) in [5, 5.41) is 11.9. The van der Waals surface area contributed by atoms with Crippen LogP contribution in [0, 0.1) is 0 Å². The van der Waals surface area contributed by atoms with Crippen LogP contribution in [-0.4, -0.2) is 36.6 Å². The van der Waals surface area contributed by atoms with Crippen LogP contribution in [0.15, 0.2) is 30.3 Å². The molecule has 0 spiro atoms. The Bertz CT molecular complexity index is 418. The minimum absolute atomic E-state index is 0.160. The van der Waals surface area contributed by atoms with Crippen molar-refractivity contribution in [2.75, 3.05) is 13.2 Å². The molecule has 0 heterocycles. The van der Waals surface area contributed by atoms with Crippen LogP contribution < -0.4 is 5.32 Å². The molecule has 116 valence electrons. The molecule has 0 bridgehead atoms. The minimum Gasteiger partial charge on any atom is -0.445 e. The fourth-order valence-corrected chi connectivity index (χ4v) is 2.38. The van der Waals surface area contributed by atoms with Crippen molar-refractivity contribution in [3.05, 3.63) is 35.9 Å². The Hall–Kier alpha value is -1.59. The van der Waals surface area contributed by atoms with Crippen molar-refractivity contribution in [3.8, 4) is 0 Å². The van der Waals surface area contributed by atoms with E-state index in [4.69, 9.17) is 9.47 Å². The average Bonchev–Trinajstić information content (AvgIpc) is 3.04. The number of amides is 1. The van der Waals surface area contributed by atoms with Crippen LogP contribution in [0.5, 0.6) is 0 Å². The third-order valence-electron chi connectivity index (χ3n) is 3.59. The highest BCUT2D eigenvalue weighted by atomic mass is 16.5. The van der Waals surface area contributed by atoms with Crippen molar-refractivity contribution in [1.29, 1.82) is 0 Å². The van der Waals surface area contributed by atoms with E-state index < -0.39 is 12.1 Å². The molecule has 1 aliphatic rings. The van der Waals surface area contributed by atoms with Gasteiger partial charge in [0.15, 0.2) is 0 Å².